The molecule has 0 atom stereocenters. The highest BCUT2D eigenvalue weighted by atomic mass is 14.5. The molecule has 0 unspecified atom stereocenters. The topological polar surface area (TPSA) is 0 Å². The highest BCUT2D eigenvalue weighted by Crippen LogP contribution is 2.59. The molecule has 0 nitrogen and oxygen atoms in total. The molecular weight excluding hydrogens is 168 g/mol. The fourth-order valence-electron chi connectivity index (χ4n) is 3.01. The van der Waals surface area contributed by atoms with Gasteiger partial charge in [-0.3, -0.25) is 0 Å². The lowest BCUT2D eigenvalue weighted by atomic mass is 9.82. The van der Waals surface area contributed by atoms with Crippen molar-refractivity contribution < 1.29 is 0 Å². The van der Waals surface area contributed by atoms with E-state index in [4.69, 9.17) is 0 Å². The van der Waals surface area contributed by atoms with Crippen LogP contribution in [0.15, 0.2) is 30.3 Å². The van der Waals surface area contributed by atoms with E-state index >= 15 is 0 Å². The molecular formula is C14H17. The van der Waals surface area contributed by atoms with Crippen LogP contribution in [-0.2, 0) is 5.41 Å². The van der Waals surface area contributed by atoms with Crippen molar-refractivity contribution in [2.24, 2.45) is 0 Å². The first-order valence-electron chi connectivity index (χ1n) is 5.82. The smallest absolute Gasteiger partial charge is 0.00156 e. The Hall–Kier alpha value is -0.780. The Labute approximate surface area is 86.3 Å². The molecule has 0 bridgehead atoms. The van der Waals surface area contributed by atoms with Gasteiger partial charge in [0, 0.05) is 5.41 Å². The fraction of sp³-hybridized carbons (Fsp3) is 0.500. The lowest BCUT2D eigenvalue weighted by Gasteiger charge is -2.22. The Morgan fingerprint density at radius 3 is 2.07 bits per heavy atom. The highest BCUT2D eigenvalue weighted by molar-refractivity contribution is 5.40. The minimum atomic E-state index is 0.539. The predicted molar refractivity (Wildman–Crippen MR) is 59.1 cm³/mol. The maximum absolute atomic E-state index is 2.32. The molecule has 1 aromatic carbocycles. The molecule has 14 heavy (non-hydrogen) atoms. The number of hydrogen-bond acceptors (Lipinski definition) is 0. The second kappa shape index (κ2) is 3.12. The van der Waals surface area contributed by atoms with Crippen molar-refractivity contribution in [2.75, 3.05) is 0 Å². The molecule has 2 aliphatic rings. The van der Waals surface area contributed by atoms with E-state index in [2.05, 4.69) is 30.3 Å². The van der Waals surface area contributed by atoms with Crippen molar-refractivity contribution in [1.29, 1.82) is 0 Å². The van der Waals surface area contributed by atoms with Gasteiger partial charge in [-0.05, 0) is 37.2 Å². The molecule has 2 fully saturated rings. The van der Waals surface area contributed by atoms with Crippen molar-refractivity contribution in [3.05, 3.63) is 41.8 Å². The Kier molecular flexibility index (Phi) is 1.90. The average molecular weight is 185 g/mol. The van der Waals surface area contributed by atoms with Gasteiger partial charge in [0.15, 0.2) is 0 Å². The Balaban J connectivity index is 1.89. The maximum atomic E-state index is 2.32. The van der Waals surface area contributed by atoms with Gasteiger partial charge < -0.3 is 0 Å². The van der Waals surface area contributed by atoms with Crippen molar-refractivity contribution in [2.45, 2.75) is 43.9 Å². The number of rotatable bonds is 2. The van der Waals surface area contributed by atoms with Gasteiger partial charge in [-0.25, -0.2) is 0 Å². The molecule has 0 N–H and O–H groups in total. The van der Waals surface area contributed by atoms with Crippen LogP contribution in [0.5, 0.6) is 0 Å². The summed E-state index contributed by atoms with van der Waals surface area (Å²) in [5.74, 6) is 1.85. The third-order valence-electron chi connectivity index (χ3n) is 3.96. The van der Waals surface area contributed by atoms with E-state index in [1.807, 2.05) is 5.92 Å². The zero-order valence-corrected chi connectivity index (χ0v) is 8.63. The zero-order chi connectivity index (χ0) is 9.43. The van der Waals surface area contributed by atoms with Crippen LogP contribution in [0.4, 0.5) is 0 Å². The minimum Gasteiger partial charge on any atom is -0.0622 e. The summed E-state index contributed by atoms with van der Waals surface area (Å²) in [5, 5.41) is 0. The van der Waals surface area contributed by atoms with Crippen molar-refractivity contribution >= 4 is 0 Å². The third kappa shape index (κ3) is 1.20. The predicted octanol–water partition coefficient (Wildman–Crippen LogP) is 3.87. The third-order valence-corrected chi connectivity index (χ3v) is 3.96. The average Bonchev–Trinajstić information content (AvgIpc) is 2.88. The molecule has 3 rings (SSSR count). The molecule has 1 radical (unpaired) electrons. The van der Waals surface area contributed by atoms with Crippen molar-refractivity contribution in [1.82, 2.24) is 0 Å². The van der Waals surface area contributed by atoms with E-state index < -0.39 is 0 Å². The van der Waals surface area contributed by atoms with Gasteiger partial charge in [0.1, 0.15) is 0 Å². The first-order valence-corrected chi connectivity index (χ1v) is 5.82. The van der Waals surface area contributed by atoms with Crippen LogP contribution in [0.2, 0.25) is 0 Å². The molecule has 0 amide bonds. The standard InChI is InChI=1S/C14H17/c1-2-6-12(7-3-1)14(10-11-14)13-8-4-5-9-13/h1-3,6-7H,4-5,8-11H2. The van der Waals surface area contributed by atoms with Gasteiger partial charge in [0.25, 0.3) is 0 Å². The van der Waals surface area contributed by atoms with Crippen LogP contribution in [0.1, 0.15) is 44.1 Å². The van der Waals surface area contributed by atoms with Crippen LogP contribution in [-0.4, -0.2) is 0 Å². The van der Waals surface area contributed by atoms with Crippen LogP contribution in [0.3, 0.4) is 0 Å². The summed E-state index contributed by atoms with van der Waals surface area (Å²) in [5.41, 5.74) is 2.12. The van der Waals surface area contributed by atoms with Gasteiger partial charge in [-0.15, -0.1) is 0 Å². The van der Waals surface area contributed by atoms with Gasteiger partial charge in [-0.1, -0.05) is 43.2 Å². The summed E-state index contributed by atoms with van der Waals surface area (Å²) in [6, 6.07) is 11.1. The van der Waals surface area contributed by atoms with E-state index in [0.717, 1.165) is 0 Å². The first-order chi connectivity index (χ1) is 6.92. The van der Waals surface area contributed by atoms with Crippen molar-refractivity contribution in [3.8, 4) is 0 Å². The van der Waals surface area contributed by atoms with Gasteiger partial charge in [0.05, 0.1) is 0 Å². The van der Waals surface area contributed by atoms with E-state index in [9.17, 15) is 0 Å². The van der Waals surface area contributed by atoms with Crippen LogP contribution >= 0.6 is 0 Å². The van der Waals surface area contributed by atoms with Gasteiger partial charge in [0.2, 0.25) is 0 Å². The summed E-state index contributed by atoms with van der Waals surface area (Å²) >= 11 is 0. The maximum Gasteiger partial charge on any atom is 0.00156 e. The monoisotopic (exact) mass is 185 g/mol. The van der Waals surface area contributed by atoms with E-state index in [1.54, 1.807) is 5.56 Å². The highest BCUT2D eigenvalue weighted by Gasteiger charge is 2.50. The van der Waals surface area contributed by atoms with E-state index in [0.29, 0.717) is 5.41 Å². The fourth-order valence-corrected chi connectivity index (χ4v) is 3.01. The molecule has 0 aliphatic heterocycles. The van der Waals surface area contributed by atoms with Crippen LogP contribution in [0.25, 0.3) is 0 Å². The van der Waals surface area contributed by atoms with Crippen molar-refractivity contribution in [3.63, 3.8) is 0 Å². The summed E-state index contributed by atoms with van der Waals surface area (Å²) in [4.78, 5) is 0. The minimum absolute atomic E-state index is 0.539. The molecule has 0 heterocycles. The van der Waals surface area contributed by atoms with Gasteiger partial charge >= 0.3 is 0 Å². The Bertz CT molecular complexity index is 302. The SMILES string of the molecule is c1ccc(C2([C]3CCCC3)CC2)cc1. The quantitative estimate of drug-likeness (QED) is 0.656. The molecule has 0 spiro atoms. The van der Waals surface area contributed by atoms with E-state index in [1.165, 1.54) is 38.5 Å². The first kappa shape index (κ1) is 8.52. The number of hydrogen-bond donors (Lipinski definition) is 0. The van der Waals surface area contributed by atoms with Gasteiger partial charge in [-0.2, -0.15) is 0 Å². The van der Waals surface area contributed by atoms with E-state index in [-0.39, 0.29) is 0 Å². The number of benzene rings is 1. The second-order valence-corrected chi connectivity index (χ2v) is 4.76. The normalized spacial score (nSPS) is 25.1. The summed E-state index contributed by atoms with van der Waals surface area (Å²) < 4.78 is 0. The molecule has 0 heteroatoms. The lowest BCUT2D eigenvalue weighted by molar-refractivity contribution is 0.651. The van der Waals surface area contributed by atoms with Crippen LogP contribution in [0, 0.1) is 5.92 Å². The second-order valence-electron chi connectivity index (χ2n) is 4.76. The molecule has 2 saturated carbocycles. The largest absolute Gasteiger partial charge is 0.0622 e. The molecule has 0 aromatic heterocycles. The molecule has 2 aliphatic carbocycles. The molecule has 73 valence electrons. The molecule has 0 saturated heterocycles. The zero-order valence-electron chi connectivity index (χ0n) is 8.63. The Morgan fingerprint density at radius 2 is 1.50 bits per heavy atom. The Morgan fingerprint density at radius 1 is 0.857 bits per heavy atom. The summed E-state index contributed by atoms with van der Waals surface area (Å²) in [6.45, 7) is 0. The lowest BCUT2D eigenvalue weighted by Crippen LogP contribution is -2.15. The summed E-state index contributed by atoms with van der Waals surface area (Å²) in [6.07, 6.45) is 8.48. The van der Waals surface area contributed by atoms with Crippen LogP contribution < -0.4 is 0 Å². The summed E-state index contributed by atoms with van der Waals surface area (Å²) in [7, 11) is 0. The molecule has 1 aromatic rings.